The van der Waals surface area contributed by atoms with Crippen LogP contribution in [-0.2, 0) is 10.5 Å². The highest BCUT2D eigenvalue weighted by Gasteiger charge is 2.14. The molecule has 1 amide bonds. The lowest BCUT2D eigenvalue weighted by Crippen LogP contribution is -2.07. The van der Waals surface area contributed by atoms with E-state index >= 15 is 0 Å². The van der Waals surface area contributed by atoms with Gasteiger partial charge in [-0.1, -0.05) is 30.3 Å². The zero-order valence-corrected chi connectivity index (χ0v) is 18.6. The Labute approximate surface area is 187 Å². The van der Waals surface area contributed by atoms with E-state index in [4.69, 9.17) is 14.2 Å². The van der Waals surface area contributed by atoms with Crippen molar-refractivity contribution in [1.82, 2.24) is 0 Å². The average molecular weight is 436 g/mol. The fourth-order valence-corrected chi connectivity index (χ4v) is 3.85. The Morgan fingerprint density at radius 3 is 2.23 bits per heavy atom. The van der Waals surface area contributed by atoms with Gasteiger partial charge in [-0.2, -0.15) is 0 Å². The first-order valence-corrected chi connectivity index (χ1v) is 10.7. The summed E-state index contributed by atoms with van der Waals surface area (Å²) in [4.78, 5) is 13.6. The Kier molecular flexibility index (Phi) is 8.01. The van der Waals surface area contributed by atoms with Crippen LogP contribution in [0.25, 0.3) is 6.08 Å². The smallest absolute Gasteiger partial charge is 0.248 e. The van der Waals surface area contributed by atoms with E-state index in [0.717, 1.165) is 11.4 Å². The number of carbonyl (C=O) groups excluding carboxylic acids is 1. The van der Waals surface area contributed by atoms with Gasteiger partial charge in [0.2, 0.25) is 11.7 Å². The third kappa shape index (κ3) is 6.06. The molecule has 3 rings (SSSR count). The van der Waals surface area contributed by atoms with Crippen LogP contribution in [0, 0.1) is 0 Å². The molecule has 0 fully saturated rings. The second kappa shape index (κ2) is 11.1. The number of rotatable bonds is 9. The molecule has 3 aromatic rings. The lowest BCUT2D eigenvalue weighted by atomic mass is 10.1. The van der Waals surface area contributed by atoms with Crippen molar-refractivity contribution in [2.24, 2.45) is 0 Å². The highest BCUT2D eigenvalue weighted by atomic mass is 32.2. The summed E-state index contributed by atoms with van der Waals surface area (Å²) in [6.45, 7) is 0. The minimum absolute atomic E-state index is 0.233. The Morgan fingerprint density at radius 1 is 0.871 bits per heavy atom. The number of benzene rings is 3. The third-order valence-corrected chi connectivity index (χ3v) is 5.60. The van der Waals surface area contributed by atoms with Crippen LogP contribution in [0.4, 0.5) is 5.69 Å². The van der Waals surface area contributed by atoms with E-state index < -0.39 is 0 Å². The number of hydrogen-bond donors (Lipinski definition) is 1. The second-order valence-corrected chi connectivity index (χ2v) is 7.59. The zero-order valence-electron chi connectivity index (χ0n) is 17.8. The average Bonchev–Trinajstić information content (AvgIpc) is 2.82. The maximum absolute atomic E-state index is 12.4. The van der Waals surface area contributed by atoms with Crippen molar-refractivity contribution in [2.75, 3.05) is 26.6 Å². The van der Waals surface area contributed by atoms with Gasteiger partial charge in [0.25, 0.3) is 0 Å². The van der Waals surface area contributed by atoms with Crippen LogP contribution in [-0.4, -0.2) is 27.2 Å². The SMILES string of the molecule is COc1ccc(C=CC(=O)Nc2ccc(CSc3ccccc3)cc2)c(OC)c1OC. The first kappa shape index (κ1) is 22.3. The van der Waals surface area contributed by atoms with Gasteiger partial charge >= 0.3 is 0 Å². The van der Waals surface area contributed by atoms with Gasteiger partial charge < -0.3 is 19.5 Å². The second-order valence-electron chi connectivity index (χ2n) is 6.54. The zero-order chi connectivity index (χ0) is 22.1. The van der Waals surface area contributed by atoms with E-state index in [-0.39, 0.29) is 5.91 Å². The molecule has 31 heavy (non-hydrogen) atoms. The molecule has 0 aliphatic carbocycles. The van der Waals surface area contributed by atoms with Gasteiger partial charge in [0.15, 0.2) is 11.5 Å². The highest BCUT2D eigenvalue weighted by Crippen LogP contribution is 2.40. The summed E-state index contributed by atoms with van der Waals surface area (Å²) < 4.78 is 16.1. The van der Waals surface area contributed by atoms with Crippen LogP contribution in [0.3, 0.4) is 0 Å². The predicted molar refractivity (Wildman–Crippen MR) is 126 cm³/mol. The highest BCUT2D eigenvalue weighted by molar-refractivity contribution is 7.98. The maximum Gasteiger partial charge on any atom is 0.248 e. The van der Waals surface area contributed by atoms with Crippen LogP contribution < -0.4 is 19.5 Å². The molecule has 0 aromatic heterocycles. The molecule has 0 bridgehead atoms. The Morgan fingerprint density at radius 2 is 1.58 bits per heavy atom. The van der Waals surface area contributed by atoms with Crippen molar-refractivity contribution in [2.45, 2.75) is 10.6 Å². The van der Waals surface area contributed by atoms with Crippen LogP contribution >= 0.6 is 11.8 Å². The molecule has 0 spiro atoms. The van der Waals surface area contributed by atoms with Crippen LogP contribution in [0.2, 0.25) is 0 Å². The van der Waals surface area contributed by atoms with Gasteiger partial charge in [0.05, 0.1) is 21.3 Å². The molecular weight excluding hydrogens is 410 g/mol. The summed E-state index contributed by atoms with van der Waals surface area (Å²) in [5.74, 6) is 2.19. The largest absolute Gasteiger partial charge is 0.493 e. The van der Waals surface area contributed by atoms with Crippen molar-refractivity contribution in [3.8, 4) is 17.2 Å². The van der Waals surface area contributed by atoms with E-state index in [0.29, 0.717) is 22.8 Å². The number of carbonyl (C=O) groups is 1. The fourth-order valence-electron chi connectivity index (χ4n) is 2.97. The molecule has 0 aliphatic rings. The summed E-state index contributed by atoms with van der Waals surface area (Å²) >= 11 is 1.78. The monoisotopic (exact) mass is 435 g/mol. The summed E-state index contributed by atoms with van der Waals surface area (Å²) in [7, 11) is 4.65. The van der Waals surface area contributed by atoms with Crippen molar-refractivity contribution in [3.63, 3.8) is 0 Å². The quantitative estimate of drug-likeness (QED) is 0.347. The van der Waals surface area contributed by atoms with E-state index in [2.05, 4.69) is 17.4 Å². The van der Waals surface area contributed by atoms with E-state index in [1.807, 2.05) is 48.5 Å². The molecule has 0 atom stereocenters. The molecule has 1 N–H and O–H groups in total. The van der Waals surface area contributed by atoms with Crippen molar-refractivity contribution >= 4 is 29.4 Å². The molecule has 6 heteroatoms. The van der Waals surface area contributed by atoms with Gasteiger partial charge in [-0.25, -0.2) is 0 Å². The number of hydrogen-bond acceptors (Lipinski definition) is 5. The lowest BCUT2D eigenvalue weighted by Gasteiger charge is -2.14. The number of nitrogens with one attached hydrogen (secondary N) is 1. The minimum Gasteiger partial charge on any atom is -0.493 e. The number of thioether (sulfide) groups is 1. The van der Waals surface area contributed by atoms with Crippen LogP contribution in [0.1, 0.15) is 11.1 Å². The molecule has 0 saturated heterocycles. The molecule has 0 aliphatic heterocycles. The van der Waals surface area contributed by atoms with E-state index in [9.17, 15) is 4.79 Å². The number of amides is 1. The van der Waals surface area contributed by atoms with E-state index in [1.54, 1.807) is 45.2 Å². The maximum atomic E-state index is 12.4. The van der Waals surface area contributed by atoms with Gasteiger partial charge in [-0.3, -0.25) is 4.79 Å². The summed E-state index contributed by atoms with van der Waals surface area (Å²) in [6, 6.07) is 21.7. The molecule has 0 heterocycles. The third-order valence-electron chi connectivity index (χ3n) is 4.52. The summed E-state index contributed by atoms with van der Waals surface area (Å²) in [5, 5.41) is 2.87. The minimum atomic E-state index is -0.233. The van der Waals surface area contributed by atoms with Crippen LogP contribution in [0.15, 0.2) is 77.7 Å². The van der Waals surface area contributed by atoms with Gasteiger partial charge in [-0.05, 0) is 48.0 Å². The molecule has 0 unspecified atom stereocenters. The summed E-state index contributed by atoms with van der Waals surface area (Å²) in [6.07, 6.45) is 3.14. The standard InChI is InChI=1S/C25H25NO4S/c1-28-22-15-11-19(24(29-2)25(22)30-3)12-16-23(27)26-20-13-9-18(10-14-20)17-31-21-7-5-4-6-8-21/h4-16H,17H2,1-3H3,(H,26,27). The van der Waals surface area contributed by atoms with Gasteiger partial charge in [-0.15, -0.1) is 11.8 Å². The molecule has 5 nitrogen and oxygen atoms in total. The molecule has 0 radical (unpaired) electrons. The van der Waals surface area contributed by atoms with E-state index in [1.165, 1.54) is 16.5 Å². The first-order valence-electron chi connectivity index (χ1n) is 9.69. The summed E-state index contributed by atoms with van der Waals surface area (Å²) in [5.41, 5.74) is 2.64. The Bertz CT molecular complexity index is 1030. The number of ether oxygens (including phenoxy) is 3. The molecule has 0 saturated carbocycles. The predicted octanol–water partition coefficient (Wildman–Crippen LogP) is 5.66. The van der Waals surface area contributed by atoms with Crippen LogP contribution in [0.5, 0.6) is 17.2 Å². The topological polar surface area (TPSA) is 56.8 Å². The number of methoxy groups -OCH3 is 3. The first-order chi connectivity index (χ1) is 15.1. The molecule has 160 valence electrons. The van der Waals surface area contributed by atoms with Gasteiger partial charge in [0.1, 0.15) is 0 Å². The lowest BCUT2D eigenvalue weighted by molar-refractivity contribution is -0.111. The Balaban J connectivity index is 1.61. The van der Waals surface area contributed by atoms with Crippen molar-refractivity contribution in [1.29, 1.82) is 0 Å². The van der Waals surface area contributed by atoms with Crippen molar-refractivity contribution in [3.05, 3.63) is 83.9 Å². The van der Waals surface area contributed by atoms with Crippen molar-refractivity contribution < 1.29 is 19.0 Å². The fraction of sp³-hybridized carbons (Fsp3) is 0.160. The van der Waals surface area contributed by atoms with Gasteiger partial charge in [0, 0.05) is 28.0 Å². The Hall–Kier alpha value is -3.38. The number of anilines is 1. The normalized spacial score (nSPS) is 10.7. The molecular formula is C25H25NO4S. The molecule has 3 aromatic carbocycles.